The Kier molecular flexibility index (Phi) is 8.44. The minimum absolute atomic E-state index is 0. The molecule has 2 nitrogen and oxygen atoms in total. The van der Waals surface area contributed by atoms with Gasteiger partial charge in [-0.25, -0.2) is 0 Å². The van der Waals surface area contributed by atoms with Crippen LogP contribution in [0, 0.1) is 5.92 Å². The average molecular weight is 215 g/mol. The summed E-state index contributed by atoms with van der Waals surface area (Å²) in [4.78, 5) is 11.3. The topological polar surface area (TPSA) is 29.1 Å². The van der Waals surface area contributed by atoms with Gasteiger partial charge in [0.15, 0.2) is 0 Å². The van der Waals surface area contributed by atoms with Crippen molar-refractivity contribution in [3.63, 3.8) is 0 Å². The second kappa shape index (κ2) is 8.75. The fourth-order valence-electron chi connectivity index (χ4n) is 1.59. The molecule has 0 rings (SSSR count). The molecule has 0 spiro atoms. The lowest BCUT2D eigenvalue weighted by atomic mass is 10.0. The van der Waals surface area contributed by atoms with Crippen LogP contribution in [0.15, 0.2) is 0 Å². The number of rotatable bonds is 8. The molecule has 0 radical (unpaired) electrons. The standard InChI is InChI=1S/C13H27NO.H2/c1-11(2)9-7-5-6-8-10-13(15)14-12(3)4;/h11-12H,5-10H2,1-4H3,(H,14,15);1H. The zero-order valence-electron chi connectivity index (χ0n) is 10.8. The summed E-state index contributed by atoms with van der Waals surface area (Å²) in [7, 11) is 0. The molecule has 0 unspecified atom stereocenters. The Bertz CT molecular complexity index is 169. The molecule has 92 valence electrons. The highest BCUT2D eigenvalue weighted by Crippen LogP contribution is 2.10. The van der Waals surface area contributed by atoms with Gasteiger partial charge in [-0.3, -0.25) is 4.79 Å². The van der Waals surface area contributed by atoms with Gasteiger partial charge < -0.3 is 5.32 Å². The van der Waals surface area contributed by atoms with Gasteiger partial charge in [-0.2, -0.15) is 0 Å². The molecule has 0 fully saturated rings. The van der Waals surface area contributed by atoms with E-state index < -0.39 is 0 Å². The maximum atomic E-state index is 11.3. The number of hydrogen-bond acceptors (Lipinski definition) is 1. The van der Waals surface area contributed by atoms with Crippen molar-refractivity contribution in [2.75, 3.05) is 0 Å². The van der Waals surface area contributed by atoms with Gasteiger partial charge in [0.25, 0.3) is 0 Å². The smallest absolute Gasteiger partial charge is 0.220 e. The van der Waals surface area contributed by atoms with Crippen LogP contribution in [-0.2, 0) is 4.79 Å². The van der Waals surface area contributed by atoms with Crippen molar-refractivity contribution in [1.29, 1.82) is 0 Å². The van der Waals surface area contributed by atoms with Crippen LogP contribution in [-0.4, -0.2) is 11.9 Å². The van der Waals surface area contributed by atoms with E-state index in [1.807, 2.05) is 13.8 Å². The first-order valence-electron chi connectivity index (χ1n) is 6.31. The number of carbonyl (C=O) groups is 1. The van der Waals surface area contributed by atoms with E-state index in [4.69, 9.17) is 0 Å². The lowest BCUT2D eigenvalue weighted by Gasteiger charge is -2.08. The molecule has 0 aliphatic rings. The first kappa shape index (κ1) is 14.5. The minimum Gasteiger partial charge on any atom is -0.354 e. The Morgan fingerprint density at radius 1 is 1.07 bits per heavy atom. The first-order chi connectivity index (χ1) is 7.02. The molecule has 2 heteroatoms. The molecule has 0 aliphatic carbocycles. The molecular weight excluding hydrogens is 186 g/mol. The zero-order valence-corrected chi connectivity index (χ0v) is 10.8. The number of hydrogen-bond donors (Lipinski definition) is 1. The van der Waals surface area contributed by atoms with E-state index >= 15 is 0 Å². The summed E-state index contributed by atoms with van der Waals surface area (Å²) >= 11 is 0. The van der Waals surface area contributed by atoms with Gasteiger partial charge in [-0.05, 0) is 26.2 Å². The van der Waals surface area contributed by atoms with Crippen molar-refractivity contribution in [2.24, 2.45) is 5.92 Å². The summed E-state index contributed by atoms with van der Waals surface area (Å²) in [6.45, 7) is 8.52. The molecule has 1 N–H and O–H groups in total. The van der Waals surface area contributed by atoms with Gasteiger partial charge in [0.2, 0.25) is 5.91 Å². The van der Waals surface area contributed by atoms with Gasteiger partial charge in [0.05, 0.1) is 0 Å². The second-order valence-corrected chi connectivity index (χ2v) is 5.07. The van der Waals surface area contributed by atoms with Crippen molar-refractivity contribution in [3.05, 3.63) is 0 Å². The highest BCUT2D eigenvalue weighted by molar-refractivity contribution is 5.76. The zero-order chi connectivity index (χ0) is 11.7. The molecule has 0 bridgehead atoms. The Morgan fingerprint density at radius 2 is 1.67 bits per heavy atom. The van der Waals surface area contributed by atoms with E-state index in [1.54, 1.807) is 0 Å². The Balaban J connectivity index is 0. The van der Waals surface area contributed by atoms with Gasteiger partial charge in [-0.1, -0.05) is 39.5 Å². The molecule has 0 atom stereocenters. The Labute approximate surface area is 96.3 Å². The maximum absolute atomic E-state index is 11.3. The highest BCUT2D eigenvalue weighted by atomic mass is 16.1. The minimum atomic E-state index is 0. The fraction of sp³-hybridized carbons (Fsp3) is 0.923. The number of carbonyl (C=O) groups excluding carboxylic acids is 1. The summed E-state index contributed by atoms with van der Waals surface area (Å²) in [6.07, 6.45) is 6.82. The molecule has 0 saturated heterocycles. The van der Waals surface area contributed by atoms with Crippen LogP contribution in [0.1, 0.15) is 67.6 Å². The van der Waals surface area contributed by atoms with E-state index in [1.165, 1.54) is 25.7 Å². The monoisotopic (exact) mass is 215 g/mol. The van der Waals surface area contributed by atoms with Crippen molar-refractivity contribution in [3.8, 4) is 0 Å². The van der Waals surface area contributed by atoms with E-state index in [0.717, 1.165) is 12.3 Å². The summed E-state index contributed by atoms with van der Waals surface area (Å²) in [5.41, 5.74) is 0. The first-order valence-corrected chi connectivity index (χ1v) is 6.31. The molecule has 0 aromatic carbocycles. The van der Waals surface area contributed by atoms with Crippen molar-refractivity contribution in [2.45, 2.75) is 72.3 Å². The van der Waals surface area contributed by atoms with E-state index in [2.05, 4.69) is 19.2 Å². The molecular formula is C13H29NO. The van der Waals surface area contributed by atoms with Crippen LogP contribution in [0.5, 0.6) is 0 Å². The Hall–Kier alpha value is -0.530. The molecule has 0 aliphatic heterocycles. The average Bonchev–Trinajstić information content (AvgIpc) is 2.09. The van der Waals surface area contributed by atoms with Crippen molar-refractivity contribution in [1.82, 2.24) is 5.32 Å². The van der Waals surface area contributed by atoms with Gasteiger partial charge >= 0.3 is 0 Å². The van der Waals surface area contributed by atoms with Crippen LogP contribution < -0.4 is 5.32 Å². The third-order valence-electron chi connectivity index (χ3n) is 2.38. The second-order valence-electron chi connectivity index (χ2n) is 5.07. The lowest BCUT2D eigenvalue weighted by Crippen LogP contribution is -2.29. The highest BCUT2D eigenvalue weighted by Gasteiger charge is 2.02. The summed E-state index contributed by atoms with van der Waals surface area (Å²) < 4.78 is 0. The quantitative estimate of drug-likeness (QED) is 0.614. The number of amides is 1. The van der Waals surface area contributed by atoms with Gasteiger partial charge in [-0.15, -0.1) is 0 Å². The molecule has 0 aromatic heterocycles. The van der Waals surface area contributed by atoms with Crippen molar-refractivity contribution >= 4 is 5.91 Å². The van der Waals surface area contributed by atoms with Crippen LogP contribution in [0.25, 0.3) is 0 Å². The summed E-state index contributed by atoms with van der Waals surface area (Å²) in [6, 6.07) is 0.276. The van der Waals surface area contributed by atoms with Crippen LogP contribution in [0.4, 0.5) is 0 Å². The summed E-state index contributed by atoms with van der Waals surface area (Å²) in [5, 5.41) is 2.91. The van der Waals surface area contributed by atoms with E-state index in [9.17, 15) is 4.79 Å². The molecule has 0 saturated carbocycles. The molecule has 15 heavy (non-hydrogen) atoms. The lowest BCUT2D eigenvalue weighted by molar-refractivity contribution is -0.121. The predicted octanol–water partition coefficient (Wildman–Crippen LogP) is 3.75. The molecule has 0 aromatic rings. The van der Waals surface area contributed by atoms with Gasteiger partial charge in [0.1, 0.15) is 0 Å². The third-order valence-corrected chi connectivity index (χ3v) is 2.38. The normalized spacial score (nSPS) is 11.1. The van der Waals surface area contributed by atoms with Crippen LogP contribution >= 0.6 is 0 Å². The largest absolute Gasteiger partial charge is 0.354 e. The number of nitrogens with one attached hydrogen (secondary N) is 1. The molecule has 0 heterocycles. The van der Waals surface area contributed by atoms with E-state index in [-0.39, 0.29) is 13.4 Å². The SMILES string of the molecule is CC(C)CCCCCCC(=O)NC(C)C.[HH]. The summed E-state index contributed by atoms with van der Waals surface area (Å²) in [5.74, 6) is 1.02. The maximum Gasteiger partial charge on any atom is 0.220 e. The van der Waals surface area contributed by atoms with E-state index in [0.29, 0.717) is 6.42 Å². The fourth-order valence-corrected chi connectivity index (χ4v) is 1.59. The van der Waals surface area contributed by atoms with Crippen molar-refractivity contribution < 1.29 is 6.22 Å². The predicted molar refractivity (Wildman–Crippen MR) is 67.9 cm³/mol. The van der Waals surface area contributed by atoms with Gasteiger partial charge in [0, 0.05) is 13.9 Å². The number of unbranched alkanes of at least 4 members (excludes halogenated alkanes) is 3. The van der Waals surface area contributed by atoms with Crippen LogP contribution in [0.3, 0.4) is 0 Å². The Morgan fingerprint density at radius 3 is 2.20 bits per heavy atom. The molecule has 1 amide bonds. The van der Waals surface area contributed by atoms with Crippen LogP contribution in [0.2, 0.25) is 0 Å². The third kappa shape index (κ3) is 11.4.